The first-order chi connectivity index (χ1) is 11.1. The van der Waals surface area contributed by atoms with Gasteiger partial charge in [-0.05, 0) is 37.0 Å². The van der Waals surface area contributed by atoms with Crippen LogP contribution in [0.25, 0.3) is 0 Å². The lowest BCUT2D eigenvalue weighted by molar-refractivity contribution is -0.385. The van der Waals surface area contributed by atoms with E-state index in [1.807, 2.05) is 18.2 Å². The summed E-state index contributed by atoms with van der Waals surface area (Å²) in [5.41, 5.74) is 6.22. The molecule has 23 heavy (non-hydrogen) atoms. The highest BCUT2D eigenvalue weighted by molar-refractivity contribution is 5.93. The maximum absolute atomic E-state index is 11.1. The van der Waals surface area contributed by atoms with Crippen molar-refractivity contribution in [3.8, 4) is 5.75 Å². The minimum absolute atomic E-state index is 0.0909. The molecule has 6 nitrogen and oxygen atoms in total. The molecular weight excluding hydrogens is 296 g/mol. The molecule has 0 unspecified atom stereocenters. The van der Waals surface area contributed by atoms with Crippen molar-refractivity contribution < 1.29 is 14.5 Å². The van der Waals surface area contributed by atoms with Gasteiger partial charge in [-0.1, -0.05) is 30.3 Å². The van der Waals surface area contributed by atoms with Gasteiger partial charge in [-0.15, -0.1) is 0 Å². The first-order valence-electron chi connectivity index (χ1n) is 7.33. The molecule has 0 bridgehead atoms. The molecule has 0 aliphatic rings. The Balaban J connectivity index is 1.87. The number of nitrogens with zero attached hydrogens (tertiary/aromatic N) is 1. The quantitative estimate of drug-likeness (QED) is 0.460. The number of carbonyl (C=O) groups excluding carboxylic acids is 1. The van der Waals surface area contributed by atoms with E-state index < -0.39 is 10.8 Å². The van der Waals surface area contributed by atoms with Gasteiger partial charge >= 0.3 is 5.69 Å². The van der Waals surface area contributed by atoms with Crippen molar-refractivity contribution >= 4 is 11.6 Å². The summed E-state index contributed by atoms with van der Waals surface area (Å²) < 4.78 is 5.48. The molecule has 2 aromatic rings. The summed E-state index contributed by atoms with van der Waals surface area (Å²) in [6, 6.07) is 14.1. The zero-order valence-electron chi connectivity index (χ0n) is 12.6. The number of nitro benzene ring substituents is 1. The van der Waals surface area contributed by atoms with Crippen LogP contribution in [0.3, 0.4) is 0 Å². The molecule has 0 saturated carbocycles. The Kier molecular flexibility index (Phi) is 5.68. The molecule has 2 rings (SSSR count). The van der Waals surface area contributed by atoms with Crippen LogP contribution in [0.15, 0.2) is 48.5 Å². The number of aryl methyl sites for hydroxylation is 1. The predicted octanol–water partition coefficient (Wildman–Crippen LogP) is 3.10. The van der Waals surface area contributed by atoms with Crippen LogP contribution in [0.2, 0.25) is 0 Å². The predicted molar refractivity (Wildman–Crippen MR) is 86.5 cm³/mol. The minimum atomic E-state index is -0.706. The van der Waals surface area contributed by atoms with E-state index >= 15 is 0 Å². The van der Waals surface area contributed by atoms with E-state index in [9.17, 15) is 14.9 Å². The van der Waals surface area contributed by atoms with E-state index in [2.05, 4.69) is 12.1 Å². The summed E-state index contributed by atoms with van der Waals surface area (Å²) in [6.45, 7) is 0.379. The number of amides is 1. The average Bonchev–Trinajstić information content (AvgIpc) is 2.55. The number of nitrogens with two attached hydrogens (primary N) is 1. The van der Waals surface area contributed by atoms with Crippen LogP contribution in [-0.4, -0.2) is 17.4 Å². The van der Waals surface area contributed by atoms with Crippen molar-refractivity contribution in [2.45, 2.75) is 19.3 Å². The summed E-state index contributed by atoms with van der Waals surface area (Å²) in [6.07, 6.45) is 2.65. The fraction of sp³-hybridized carbons (Fsp3) is 0.235. The van der Waals surface area contributed by atoms with E-state index in [0.717, 1.165) is 25.3 Å². The highest BCUT2D eigenvalue weighted by Gasteiger charge is 2.17. The van der Waals surface area contributed by atoms with E-state index in [1.54, 1.807) is 0 Å². The Bertz CT molecular complexity index is 686. The number of hydrogen-bond acceptors (Lipinski definition) is 4. The van der Waals surface area contributed by atoms with Gasteiger partial charge in [0.2, 0.25) is 5.91 Å². The van der Waals surface area contributed by atoms with E-state index in [0.29, 0.717) is 6.61 Å². The van der Waals surface area contributed by atoms with Crippen LogP contribution in [0.1, 0.15) is 28.8 Å². The summed E-state index contributed by atoms with van der Waals surface area (Å²) in [4.78, 5) is 21.5. The number of unbranched alkanes of at least 4 members (excludes halogenated alkanes) is 1. The number of hydrogen-bond donors (Lipinski definition) is 1. The maximum Gasteiger partial charge on any atom is 0.311 e. The highest BCUT2D eigenvalue weighted by atomic mass is 16.6. The van der Waals surface area contributed by atoms with E-state index in [4.69, 9.17) is 10.5 Å². The fourth-order valence-electron chi connectivity index (χ4n) is 2.19. The largest absolute Gasteiger partial charge is 0.487 e. The van der Waals surface area contributed by atoms with E-state index in [-0.39, 0.29) is 17.0 Å². The first-order valence-corrected chi connectivity index (χ1v) is 7.33. The van der Waals surface area contributed by atoms with Crippen molar-refractivity contribution in [2.24, 2.45) is 5.73 Å². The second-order valence-corrected chi connectivity index (χ2v) is 5.10. The Labute approximate surface area is 134 Å². The summed E-state index contributed by atoms with van der Waals surface area (Å²) >= 11 is 0. The van der Waals surface area contributed by atoms with E-state index in [1.165, 1.54) is 17.7 Å². The smallest absolute Gasteiger partial charge is 0.311 e. The van der Waals surface area contributed by atoms with Crippen LogP contribution >= 0.6 is 0 Å². The highest BCUT2D eigenvalue weighted by Crippen LogP contribution is 2.28. The van der Waals surface area contributed by atoms with Gasteiger partial charge < -0.3 is 10.5 Å². The lowest BCUT2D eigenvalue weighted by Gasteiger charge is -2.07. The number of ether oxygens (including phenoxy) is 1. The Morgan fingerprint density at radius 1 is 1.13 bits per heavy atom. The number of benzene rings is 2. The lowest BCUT2D eigenvalue weighted by Crippen LogP contribution is -2.11. The normalized spacial score (nSPS) is 10.3. The molecule has 0 fully saturated rings. The molecule has 6 heteroatoms. The third-order valence-electron chi connectivity index (χ3n) is 3.40. The summed E-state index contributed by atoms with van der Waals surface area (Å²) in [5.74, 6) is -0.553. The van der Waals surface area contributed by atoms with Gasteiger partial charge in [-0.25, -0.2) is 0 Å². The molecule has 0 radical (unpaired) electrons. The summed E-state index contributed by atoms with van der Waals surface area (Å²) in [5, 5.41) is 11.0. The monoisotopic (exact) mass is 314 g/mol. The third kappa shape index (κ3) is 4.81. The standard InChI is InChI=1S/C17H18N2O4/c18-17(20)14-9-10-16(15(12-14)19(21)22)23-11-5-4-8-13-6-2-1-3-7-13/h1-3,6-7,9-10,12H,4-5,8,11H2,(H2,18,20). The zero-order valence-corrected chi connectivity index (χ0v) is 12.6. The second-order valence-electron chi connectivity index (χ2n) is 5.10. The molecule has 1 amide bonds. The number of rotatable bonds is 8. The lowest BCUT2D eigenvalue weighted by atomic mass is 10.1. The maximum atomic E-state index is 11.1. The number of nitro groups is 1. The van der Waals surface area contributed by atoms with Crippen molar-refractivity contribution in [3.05, 3.63) is 69.8 Å². The minimum Gasteiger partial charge on any atom is -0.487 e. The molecule has 0 spiro atoms. The van der Waals surface area contributed by atoms with Gasteiger partial charge in [0, 0.05) is 11.6 Å². The molecule has 2 N–H and O–H groups in total. The fourth-order valence-corrected chi connectivity index (χ4v) is 2.19. The molecule has 0 atom stereocenters. The number of carbonyl (C=O) groups is 1. The second kappa shape index (κ2) is 7.93. The van der Waals surface area contributed by atoms with Crippen molar-refractivity contribution in [3.63, 3.8) is 0 Å². The Hall–Kier alpha value is -2.89. The van der Waals surface area contributed by atoms with Gasteiger partial charge in [-0.2, -0.15) is 0 Å². The van der Waals surface area contributed by atoms with Crippen molar-refractivity contribution in [2.75, 3.05) is 6.61 Å². The van der Waals surface area contributed by atoms with Gasteiger partial charge in [-0.3, -0.25) is 14.9 Å². The zero-order chi connectivity index (χ0) is 16.7. The Morgan fingerprint density at radius 2 is 1.87 bits per heavy atom. The number of primary amides is 1. The van der Waals surface area contributed by atoms with Gasteiger partial charge in [0.15, 0.2) is 5.75 Å². The third-order valence-corrected chi connectivity index (χ3v) is 3.40. The molecule has 120 valence electrons. The van der Waals surface area contributed by atoms with Crippen LogP contribution in [0.4, 0.5) is 5.69 Å². The van der Waals surface area contributed by atoms with Crippen molar-refractivity contribution in [1.82, 2.24) is 0 Å². The SMILES string of the molecule is NC(=O)c1ccc(OCCCCc2ccccc2)c([N+](=O)[O-])c1. The van der Waals surface area contributed by atoms with Gasteiger partial charge in [0.1, 0.15) is 0 Å². The van der Waals surface area contributed by atoms with Crippen LogP contribution in [0.5, 0.6) is 5.75 Å². The van der Waals surface area contributed by atoms with Crippen molar-refractivity contribution in [1.29, 1.82) is 0 Å². The molecule has 0 saturated heterocycles. The van der Waals surface area contributed by atoms with Crippen LogP contribution in [-0.2, 0) is 6.42 Å². The van der Waals surface area contributed by atoms with Gasteiger partial charge in [0.05, 0.1) is 11.5 Å². The molecular formula is C17H18N2O4. The topological polar surface area (TPSA) is 95.5 Å². The molecule has 0 aliphatic carbocycles. The first kappa shape index (κ1) is 16.5. The average molecular weight is 314 g/mol. The van der Waals surface area contributed by atoms with Gasteiger partial charge in [0.25, 0.3) is 0 Å². The van der Waals surface area contributed by atoms with Crippen LogP contribution < -0.4 is 10.5 Å². The molecule has 0 aromatic heterocycles. The molecule has 2 aromatic carbocycles. The van der Waals surface area contributed by atoms with Crippen LogP contribution in [0, 0.1) is 10.1 Å². The molecule has 0 aliphatic heterocycles. The Morgan fingerprint density at radius 3 is 2.52 bits per heavy atom. The molecule has 0 heterocycles. The summed E-state index contributed by atoms with van der Waals surface area (Å²) in [7, 11) is 0.